The number of thioether (sulfide) groups is 1. The van der Waals surface area contributed by atoms with Crippen LogP contribution < -0.4 is 0 Å². The van der Waals surface area contributed by atoms with Gasteiger partial charge >= 0.3 is 0 Å². The molecule has 2 atom stereocenters. The highest BCUT2D eigenvalue weighted by Gasteiger charge is 2.47. The molecule has 1 N–H and O–H groups in total. The average Bonchev–Trinajstić information content (AvgIpc) is 2.92. The van der Waals surface area contributed by atoms with Crippen molar-refractivity contribution in [2.24, 2.45) is 16.3 Å². The van der Waals surface area contributed by atoms with Gasteiger partial charge in [-0.1, -0.05) is 32.0 Å². The fourth-order valence-corrected chi connectivity index (χ4v) is 5.01. The van der Waals surface area contributed by atoms with Crippen LogP contribution in [-0.4, -0.2) is 27.9 Å². The first kappa shape index (κ1) is 16.6. The molecule has 1 aliphatic heterocycles. The monoisotopic (exact) mass is 353 g/mol. The van der Waals surface area contributed by atoms with E-state index in [1.807, 2.05) is 6.92 Å². The standard InChI is InChI=1S/C20H23N3OS/c1-11-16-17(12-7-5-6-8-15(12)25-4)18-13(21-19(16)23-22-11)9-20(2,3)10-14(18)24/h5-8,17-18H,9-10H2,1-4H3,(H,22,23). The van der Waals surface area contributed by atoms with Crippen LogP contribution in [0.5, 0.6) is 0 Å². The van der Waals surface area contributed by atoms with Crippen molar-refractivity contribution in [1.29, 1.82) is 0 Å². The quantitative estimate of drug-likeness (QED) is 0.799. The molecule has 4 nitrogen and oxygen atoms in total. The highest BCUT2D eigenvalue weighted by atomic mass is 32.2. The fraction of sp³-hybridized carbons (Fsp3) is 0.450. The summed E-state index contributed by atoms with van der Waals surface area (Å²) in [5.41, 5.74) is 4.28. The van der Waals surface area contributed by atoms with E-state index in [-0.39, 0.29) is 17.3 Å². The minimum atomic E-state index is -0.162. The Labute approximate surface area is 152 Å². The van der Waals surface area contributed by atoms with Crippen LogP contribution in [0.1, 0.15) is 49.4 Å². The zero-order valence-electron chi connectivity index (χ0n) is 15.1. The number of ketones is 1. The summed E-state index contributed by atoms with van der Waals surface area (Å²) in [7, 11) is 0. The van der Waals surface area contributed by atoms with Gasteiger partial charge in [-0.15, -0.1) is 11.8 Å². The van der Waals surface area contributed by atoms with Gasteiger partial charge in [0, 0.05) is 34.2 Å². The van der Waals surface area contributed by atoms with Crippen LogP contribution in [0.4, 0.5) is 5.82 Å². The zero-order valence-corrected chi connectivity index (χ0v) is 15.9. The second-order valence-corrected chi connectivity index (χ2v) is 8.72. The molecule has 25 heavy (non-hydrogen) atoms. The molecule has 4 rings (SSSR count). The van der Waals surface area contributed by atoms with Crippen molar-refractivity contribution >= 4 is 29.1 Å². The van der Waals surface area contributed by atoms with Gasteiger partial charge in [0.05, 0.1) is 5.92 Å². The lowest BCUT2D eigenvalue weighted by Crippen LogP contribution is -2.42. The predicted molar refractivity (Wildman–Crippen MR) is 102 cm³/mol. The SMILES string of the molecule is CSc1ccccc1C1c2c(n[nH]c2C)N=C2CC(C)(C)CC(=O)C21. The van der Waals surface area contributed by atoms with Crippen molar-refractivity contribution in [3.05, 3.63) is 41.1 Å². The Morgan fingerprint density at radius 2 is 1.96 bits per heavy atom. The summed E-state index contributed by atoms with van der Waals surface area (Å²) in [6.45, 7) is 6.33. The molecule has 5 heteroatoms. The van der Waals surface area contributed by atoms with Crippen LogP contribution >= 0.6 is 11.8 Å². The Morgan fingerprint density at radius 1 is 1.20 bits per heavy atom. The second kappa shape index (κ2) is 5.84. The summed E-state index contributed by atoms with van der Waals surface area (Å²) in [6, 6.07) is 8.41. The third-order valence-electron chi connectivity index (χ3n) is 5.36. The molecule has 2 aromatic rings. The number of aromatic amines is 1. The Bertz CT molecular complexity index is 881. The topological polar surface area (TPSA) is 58.1 Å². The van der Waals surface area contributed by atoms with E-state index in [0.29, 0.717) is 12.2 Å². The Balaban J connectivity index is 1.94. The van der Waals surface area contributed by atoms with Gasteiger partial charge in [-0.05, 0) is 36.6 Å². The number of benzene rings is 1. The van der Waals surface area contributed by atoms with Crippen molar-refractivity contribution < 1.29 is 4.79 Å². The molecule has 2 heterocycles. The number of rotatable bonds is 2. The van der Waals surface area contributed by atoms with E-state index >= 15 is 0 Å². The first-order valence-electron chi connectivity index (χ1n) is 8.69. The van der Waals surface area contributed by atoms with Crippen molar-refractivity contribution in [2.75, 3.05) is 6.26 Å². The van der Waals surface area contributed by atoms with E-state index < -0.39 is 0 Å². The highest BCUT2D eigenvalue weighted by molar-refractivity contribution is 7.98. The molecule has 0 saturated heterocycles. The number of Topliss-reactive ketones (excluding diaryl/α,β-unsaturated/α-hetero) is 1. The summed E-state index contributed by atoms with van der Waals surface area (Å²) in [5.74, 6) is 0.913. The number of nitrogens with zero attached hydrogens (tertiary/aromatic N) is 2. The van der Waals surface area contributed by atoms with Gasteiger partial charge in [-0.25, -0.2) is 4.99 Å². The minimum absolute atomic E-state index is 0.00787. The Hall–Kier alpha value is -1.88. The Morgan fingerprint density at radius 3 is 2.72 bits per heavy atom. The lowest BCUT2D eigenvalue weighted by atomic mass is 9.64. The zero-order chi connectivity index (χ0) is 17.8. The fourth-order valence-electron chi connectivity index (χ4n) is 4.36. The van der Waals surface area contributed by atoms with Crippen LogP contribution in [0.15, 0.2) is 34.2 Å². The van der Waals surface area contributed by atoms with Gasteiger partial charge in [-0.3, -0.25) is 9.89 Å². The lowest BCUT2D eigenvalue weighted by Gasteiger charge is -2.40. The number of H-pyrrole nitrogens is 1. The van der Waals surface area contributed by atoms with Gasteiger partial charge in [0.15, 0.2) is 5.82 Å². The van der Waals surface area contributed by atoms with Crippen LogP contribution in [0.2, 0.25) is 0 Å². The van der Waals surface area contributed by atoms with Crippen molar-refractivity contribution in [1.82, 2.24) is 10.2 Å². The van der Waals surface area contributed by atoms with E-state index in [2.05, 4.69) is 54.6 Å². The molecule has 1 fully saturated rings. The number of carbonyl (C=O) groups is 1. The summed E-state index contributed by atoms with van der Waals surface area (Å²) in [6.07, 6.45) is 3.55. The van der Waals surface area contributed by atoms with E-state index in [0.717, 1.165) is 29.2 Å². The maximum Gasteiger partial charge on any atom is 0.177 e. The van der Waals surface area contributed by atoms with Crippen molar-refractivity contribution in [3.63, 3.8) is 0 Å². The van der Waals surface area contributed by atoms with E-state index in [9.17, 15) is 4.79 Å². The number of nitrogens with one attached hydrogen (secondary N) is 1. The largest absolute Gasteiger partial charge is 0.299 e. The molecule has 1 aromatic heterocycles. The molecular weight excluding hydrogens is 330 g/mol. The third-order valence-corrected chi connectivity index (χ3v) is 6.17. The smallest absolute Gasteiger partial charge is 0.177 e. The third kappa shape index (κ3) is 2.65. The Kier molecular flexibility index (Phi) is 3.87. The van der Waals surface area contributed by atoms with Crippen LogP contribution in [0.25, 0.3) is 0 Å². The number of hydrogen-bond acceptors (Lipinski definition) is 4. The number of aryl methyl sites for hydroxylation is 1. The molecule has 0 amide bonds. The van der Waals surface area contributed by atoms with Crippen LogP contribution in [0, 0.1) is 18.3 Å². The number of fused-ring (bicyclic) bond motifs is 2. The maximum atomic E-state index is 13.2. The second-order valence-electron chi connectivity index (χ2n) is 7.87. The normalized spacial score (nSPS) is 24.5. The summed E-state index contributed by atoms with van der Waals surface area (Å²) >= 11 is 1.73. The number of aliphatic imine (C=N–C) groups is 1. The molecule has 1 aromatic carbocycles. The summed E-state index contributed by atoms with van der Waals surface area (Å²) in [4.78, 5) is 19.2. The molecule has 1 aliphatic carbocycles. The maximum absolute atomic E-state index is 13.2. The van der Waals surface area contributed by atoms with E-state index in [4.69, 9.17) is 4.99 Å². The van der Waals surface area contributed by atoms with Gasteiger partial charge in [0.25, 0.3) is 0 Å². The lowest BCUT2D eigenvalue weighted by molar-refractivity contribution is -0.124. The molecule has 0 spiro atoms. The van der Waals surface area contributed by atoms with Gasteiger partial charge in [0.1, 0.15) is 5.78 Å². The number of hydrogen-bond donors (Lipinski definition) is 1. The van der Waals surface area contributed by atoms with Gasteiger partial charge < -0.3 is 0 Å². The number of aromatic nitrogens is 2. The van der Waals surface area contributed by atoms with Gasteiger partial charge in [-0.2, -0.15) is 5.10 Å². The van der Waals surface area contributed by atoms with Gasteiger partial charge in [0.2, 0.25) is 0 Å². The van der Waals surface area contributed by atoms with Crippen molar-refractivity contribution in [2.45, 2.75) is 44.4 Å². The average molecular weight is 353 g/mol. The molecule has 2 unspecified atom stereocenters. The van der Waals surface area contributed by atoms with E-state index in [1.54, 1.807) is 11.8 Å². The molecule has 2 aliphatic rings. The molecular formula is C20H23N3OS. The minimum Gasteiger partial charge on any atom is -0.299 e. The molecule has 1 saturated carbocycles. The molecule has 0 bridgehead atoms. The first-order chi connectivity index (χ1) is 11.9. The van der Waals surface area contributed by atoms with Crippen LogP contribution in [0.3, 0.4) is 0 Å². The van der Waals surface area contributed by atoms with E-state index in [1.165, 1.54) is 10.5 Å². The first-order valence-corrected chi connectivity index (χ1v) is 9.92. The predicted octanol–water partition coefficient (Wildman–Crippen LogP) is 4.66. The highest BCUT2D eigenvalue weighted by Crippen LogP contribution is 2.50. The molecule has 130 valence electrons. The summed E-state index contributed by atoms with van der Waals surface area (Å²) < 4.78 is 0. The summed E-state index contributed by atoms with van der Waals surface area (Å²) in [5, 5.41) is 7.51. The van der Waals surface area contributed by atoms with Crippen molar-refractivity contribution in [3.8, 4) is 0 Å². The molecule has 0 radical (unpaired) electrons. The van der Waals surface area contributed by atoms with Crippen LogP contribution in [-0.2, 0) is 4.79 Å². The number of carbonyl (C=O) groups excluding carboxylic acids is 1.